The molecule has 0 spiro atoms. The quantitative estimate of drug-likeness (QED) is 0.517. The Hall–Kier alpha value is -1.58. The van der Waals surface area contributed by atoms with Gasteiger partial charge in [-0.3, -0.25) is 9.69 Å². The van der Waals surface area contributed by atoms with Crippen LogP contribution >= 0.6 is 0 Å². The first-order valence-corrected chi connectivity index (χ1v) is 7.13. The number of nitriles is 1. The van der Waals surface area contributed by atoms with Gasteiger partial charge >= 0.3 is 0 Å². The average molecular weight is 279 g/mol. The largest absolute Gasteiger partial charge is 0.374 e. The smallest absolute Gasteiger partial charge is 0.263 e. The van der Waals surface area contributed by atoms with Crippen LogP contribution in [0.15, 0.2) is 11.8 Å². The van der Waals surface area contributed by atoms with Crippen LogP contribution in [0, 0.1) is 17.2 Å². The first-order chi connectivity index (χ1) is 9.56. The standard InChI is InChI=1S/C14H25N5O/c1-12(2)10-17-14(20)13(9-16)11-19-7-5-18(4-3-15)6-8-19/h11-12H,3-8,10,15H2,1-2H3,(H,17,20)/b13-11-. The molecule has 1 aliphatic rings. The molecule has 1 amide bonds. The molecule has 1 fully saturated rings. The Morgan fingerprint density at radius 3 is 2.55 bits per heavy atom. The molecule has 0 aromatic heterocycles. The molecule has 1 saturated heterocycles. The van der Waals surface area contributed by atoms with Gasteiger partial charge in [-0.1, -0.05) is 13.8 Å². The zero-order chi connectivity index (χ0) is 15.0. The predicted molar refractivity (Wildman–Crippen MR) is 78.6 cm³/mol. The number of hydrogen-bond acceptors (Lipinski definition) is 5. The lowest BCUT2D eigenvalue weighted by Gasteiger charge is -2.33. The highest BCUT2D eigenvalue weighted by atomic mass is 16.1. The van der Waals surface area contributed by atoms with Crippen LogP contribution in [0.4, 0.5) is 0 Å². The fourth-order valence-corrected chi connectivity index (χ4v) is 2.01. The van der Waals surface area contributed by atoms with Crippen molar-refractivity contribution < 1.29 is 4.79 Å². The van der Waals surface area contributed by atoms with Crippen molar-refractivity contribution in [2.45, 2.75) is 13.8 Å². The third-order valence-corrected chi connectivity index (χ3v) is 3.20. The minimum Gasteiger partial charge on any atom is -0.374 e. The Labute approximate surface area is 121 Å². The summed E-state index contributed by atoms with van der Waals surface area (Å²) in [5.41, 5.74) is 5.71. The molecule has 1 heterocycles. The highest BCUT2D eigenvalue weighted by Gasteiger charge is 2.16. The molecule has 0 aromatic rings. The molecular weight excluding hydrogens is 254 g/mol. The van der Waals surface area contributed by atoms with Gasteiger partial charge in [-0.2, -0.15) is 5.26 Å². The van der Waals surface area contributed by atoms with Gasteiger partial charge in [0, 0.05) is 52.0 Å². The summed E-state index contributed by atoms with van der Waals surface area (Å²) in [6, 6.07) is 1.98. The van der Waals surface area contributed by atoms with Crippen LogP contribution in [0.5, 0.6) is 0 Å². The third kappa shape index (κ3) is 5.59. The first-order valence-electron chi connectivity index (χ1n) is 7.13. The van der Waals surface area contributed by atoms with E-state index in [9.17, 15) is 4.79 Å². The molecule has 20 heavy (non-hydrogen) atoms. The number of rotatable bonds is 6. The van der Waals surface area contributed by atoms with Crippen LogP contribution < -0.4 is 11.1 Å². The highest BCUT2D eigenvalue weighted by molar-refractivity contribution is 5.97. The van der Waals surface area contributed by atoms with Gasteiger partial charge in [0.25, 0.3) is 5.91 Å². The van der Waals surface area contributed by atoms with Crippen LogP contribution in [-0.2, 0) is 4.79 Å². The van der Waals surface area contributed by atoms with E-state index in [1.807, 2.05) is 24.8 Å². The molecule has 6 heteroatoms. The van der Waals surface area contributed by atoms with Crippen LogP contribution in [0.2, 0.25) is 0 Å². The summed E-state index contributed by atoms with van der Waals surface area (Å²) in [7, 11) is 0. The van der Waals surface area contributed by atoms with Gasteiger partial charge in [-0.25, -0.2) is 0 Å². The van der Waals surface area contributed by atoms with E-state index in [1.54, 1.807) is 6.20 Å². The normalized spacial score (nSPS) is 17.1. The number of nitrogens with zero attached hydrogens (tertiary/aromatic N) is 3. The van der Waals surface area contributed by atoms with Crippen molar-refractivity contribution in [2.75, 3.05) is 45.8 Å². The molecule has 0 aromatic carbocycles. The minimum absolute atomic E-state index is 0.179. The van der Waals surface area contributed by atoms with E-state index in [0.717, 1.165) is 32.7 Å². The zero-order valence-corrected chi connectivity index (χ0v) is 12.4. The van der Waals surface area contributed by atoms with Crippen LogP contribution in [-0.4, -0.2) is 61.5 Å². The van der Waals surface area contributed by atoms with Crippen LogP contribution in [0.1, 0.15) is 13.8 Å². The number of nitrogens with two attached hydrogens (primary N) is 1. The fourth-order valence-electron chi connectivity index (χ4n) is 2.01. The summed E-state index contributed by atoms with van der Waals surface area (Å²) in [5, 5.41) is 11.9. The maximum absolute atomic E-state index is 11.9. The molecule has 0 aliphatic carbocycles. The van der Waals surface area contributed by atoms with Gasteiger partial charge in [-0.05, 0) is 5.92 Å². The van der Waals surface area contributed by atoms with E-state index in [0.29, 0.717) is 19.0 Å². The summed E-state index contributed by atoms with van der Waals surface area (Å²) in [5.74, 6) is 0.0873. The second kappa shape index (κ2) is 8.56. The summed E-state index contributed by atoms with van der Waals surface area (Å²) in [6.07, 6.45) is 1.68. The molecule has 0 atom stereocenters. The lowest BCUT2D eigenvalue weighted by atomic mass is 10.2. The van der Waals surface area contributed by atoms with Gasteiger partial charge in [0.1, 0.15) is 11.6 Å². The SMILES string of the molecule is CC(C)CNC(=O)/C(C#N)=C\N1CCN(CCN)CC1. The van der Waals surface area contributed by atoms with Gasteiger partial charge in [0.2, 0.25) is 0 Å². The van der Waals surface area contributed by atoms with Crippen molar-refractivity contribution in [2.24, 2.45) is 11.7 Å². The van der Waals surface area contributed by atoms with E-state index in [4.69, 9.17) is 11.0 Å². The molecule has 3 N–H and O–H groups in total. The number of carbonyl (C=O) groups excluding carboxylic acids is 1. The van der Waals surface area contributed by atoms with Crippen LogP contribution in [0.25, 0.3) is 0 Å². The summed E-state index contributed by atoms with van der Waals surface area (Å²) in [4.78, 5) is 16.2. The second-order valence-corrected chi connectivity index (χ2v) is 5.42. The molecule has 0 saturated carbocycles. The Kier molecular flexibility index (Phi) is 7.05. The lowest BCUT2D eigenvalue weighted by Crippen LogP contribution is -2.46. The van der Waals surface area contributed by atoms with Crippen LogP contribution in [0.3, 0.4) is 0 Å². The minimum atomic E-state index is -0.286. The maximum Gasteiger partial charge on any atom is 0.263 e. The molecule has 0 bridgehead atoms. The fraction of sp³-hybridized carbons (Fsp3) is 0.714. The number of carbonyl (C=O) groups is 1. The molecule has 6 nitrogen and oxygen atoms in total. The summed E-state index contributed by atoms with van der Waals surface area (Å²) in [6.45, 7) is 9.67. The predicted octanol–water partition coefficient (Wildman–Crippen LogP) is -0.258. The Bertz CT molecular complexity index is 378. The third-order valence-electron chi connectivity index (χ3n) is 3.20. The maximum atomic E-state index is 11.9. The summed E-state index contributed by atoms with van der Waals surface area (Å²) >= 11 is 0. The molecular formula is C14H25N5O. The topological polar surface area (TPSA) is 85.4 Å². The number of hydrogen-bond donors (Lipinski definition) is 2. The van der Waals surface area contributed by atoms with E-state index in [2.05, 4.69) is 10.2 Å². The van der Waals surface area contributed by atoms with Gasteiger partial charge in [-0.15, -0.1) is 0 Å². The Morgan fingerprint density at radius 2 is 2.05 bits per heavy atom. The van der Waals surface area contributed by atoms with Gasteiger partial charge < -0.3 is 16.0 Å². The number of amides is 1. The van der Waals surface area contributed by atoms with Crippen molar-refractivity contribution in [1.82, 2.24) is 15.1 Å². The second-order valence-electron chi connectivity index (χ2n) is 5.42. The first kappa shape index (κ1) is 16.5. The lowest BCUT2D eigenvalue weighted by molar-refractivity contribution is -0.117. The van der Waals surface area contributed by atoms with E-state index in [1.165, 1.54) is 0 Å². The number of piperazine rings is 1. The van der Waals surface area contributed by atoms with E-state index in [-0.39, 0.29) is 11.5 Å². The monoisotopic (exact) mass is 279 g/mol. The Balaban J connectivity index is 2.49. The van der Waals surface area contributed by atoms with Crippen molar-refractivity contribution in [3.8, 4) is 6.07 Å². The molecule has 0 radical (unpaired) electrons. The van der Waals surface area contributed by atoms with Crippen molar-refractivity contribution in [3.05, 3.63) is 11.8 Å². The van der Waals surface area contributed by atoms with Crippen molar-refractivity contribution >= 4 is 5.91 Å². The molecule has 112 valence electrons. The average Bonchev–Trinajstić information content (AvgIpc) is 2.44. The van der Waals surface area contributed by atoms with Gasteiger partial charge in [0.05, 0.1) is 0 Å². The zero-order valence-electron chi connectivity index (χ0n) is 12.4. The Morgan fingerprint density at radius 1 is 1.40 bits per heavy atom. The van der Waals surface area contributed by atoms with E-state index < -0.39 is 0 Å². The number of nitrogens with one attached hydrogen (secondary N) is 1. The van der Waals surface area contributed by atoms with Crippen molar-refractivity contribution in [1.29, 1.82) is 5.26 Å². The summed E-state index contributed by atoms with van der Waals surface area (Å²) < 4.78 is 0. The highest BCUT2D eigenvalue weighted by Crippen LogP contribution is 2.05. The van der Waals surface area contributed by atoms with E-state index >= 15 is 0 Å². The molecule has 0 unspecified atom stereocenters. The van der Waals surface area contributed by atoms with Gasteiger partial charge in [0.15, 0.2) is 0 Å². The molecule has 1 rings (SSSR count). The van der Waals surface area contributed by atoms with Crippen molar-refractivity contribution in [3.63, 3.8) is 0 Å². The molecule has 1 aliphatic heterocycles.